The number of rotatable bonds is 7. The standard InChI is InChI=1S/C11H11F3N2O5/c12-11(13,14)6-21-4-3-15-8-2-1-7(10(17)18)5-9(8)16(19)20/h1-2,5,15H,3-4,6H2,(H,17,18). The van der Waals surface area contributed by atoms with E-state index in [0.717, 1.165) is 12.1 Å². The second-order valence-electron chi connectivity index (χ2n) is 3.89. The number of hydrogen-bond acceptors (Lipinski definition) is 5. The van der Waals surface area contributed by atoms with Gasteiger partial charge in [-0.3, -0.25) is 10.1 Å². The van der Waals surface area contributed by atoms with Gasteiger partial charge in [-0.15, -0.1) is 0 Å². The lowest BCUT2D eigenvalue weighted by Gasteiger charge is -2.09. The first-order valence-corrected chi connectivity index (χ1v) is 5.61. The molecule has 1 aromatic rings. The largest absolute Gasteiger partial charge is 0.478 e. The van der Waals surface area contributed by atoms with Gasteiger partial charge < -0.3 is 15.2 Å². The smallest absolute Gasteiger partial charge is 0.411 e. The van der Waals surface area contributed by atoms with Gasteiger partial charge in [0.25, 0.3) is 5.69 Å². The van der Waals surface area contributed by atoms with Crippen LogP contribution in [0.15, 0.2) is 18.2 Å². The summed E-state index contributed by atoms with van der Waals surface area (Å²) in [5.74, 6) is -1.32. The molecule has 0 spiro atoms. The molecule has 10 heteroatoms. The third-order valence-corrected chi connectivity index (χ3v) is 2.27. The minimum atomic E-state index is -4.44. The van der Waals surface area contributed by atoms with E-state index in [9.17, 15) is 28.1 Å². The number of halogens is 3. The van der Waals surface area contributed by atoms with Crippen molar-refractivity contribution in [1.82, 2.24) is 0 Å². The van der Waals surface area contributed by atoms with Gasteiger partial charge in [0.05, 0.1) is 17.1 Å². The summed E-state index contributed by atoms with van der Waals surface area (Å²) in [6.45, 7) is -1.81. The molecule has 1 aromatic carbocycles. The van der Waals surface area contributed by atoms with E-state index in [-0.39, 0.29) is 24.4 Å². The maximum Gasteiger partial charge on any atom is 0.411 e. The zero-order chi connectivity index (χ0) is 16.0. The Morgan fingerprint density at radius 3 is 2.62 bits per heavy atom. The summed E-state index contributed by atoms with van der Waals surface area (Å²) < 4.78 is 39.7. The predicted molar refractivity (Wildman–Crippen MR) is 65.4 cm³/mol. The zero-order valence-corrected chi connectivity index (χ0v) is 10.5. The van der Waals surface area contributed by atoms with Crippen LogP contribution in [0, 0.1) is 10.1 Å². The van der Waals surface area contributed by atoms with Crippen LogP contribution in [0.4, 0.5) is 24.5 Å². The van der Waals surface area contributed by atoms with Gasteiger partial charge in [-0.05, 0) is 12.1 Å². The molecule has 0 radical (unpaired) electrons. The van der Waals surface area contributed by atoms with E-state index in [0.29, 0.717) is 0 Å². The van der Waals surface area contributed by atoms with Crippen LogP contribution in [-0.2, 0) is 4.74 Å². The molecule has 0 aliphatic carbocycles. The van der Waals surface area contributed by atoms with E-state index in [1.165, 1.54) is 6.07 Å². The van der Waals surface area contributed by atoms with Gasteiger partial charge in [0.15, 0.2) is 0 Å². The first kappa shape index (κ1) is 16.7. The molecule has 116 valence electrons. The molecule has 0 aliphatic heterocycles. The monoisotopic (exact) mass is 308 g/mol. The van der Waals surface area contributed by atoms with Crippen LogP contribution in [0.25, 0.3) is 0 Å². The third-order valence-electron chi connectivity index (χ3n) is 2.27. The van der Waals surface area contributed by atoms with Crippen molar-refractivity contribution >= 4 is 17.3 Å². The van der Waals surface area contributed by atoms with E-state index < -0.39 is 29.4 Å². The van der Waals surface area contributed by atoms with Gasteiger partial charge in [-0.2, -0.15) is 13.2 Å². The average Bonchev–Trinajstić information content (AvgIpc) is 2.36. The molecular weight excluding hydrogens is 297 g/mol. The number of nitrogens with zero attached hydrogens (tertiary/aromatic N) is 1. The molecule has 0 unspecified atom stereocenters. The number of benzene rings is 1. The van der Waals surface area contributed by atoms with Crippen LogP contribution in [0.1, 0.15) is 10.4 Å². The van der Waals surface area contributed by atoms with E-state index in [4.69, 9.17) is 5.11 Å². The molecular formula is C11H11F3N2O5. The number of hydrogen-bond donors (Lipinski definition) is 2. The fourth-order valence-electron chi connectivity index (χ4n) is 1.41. The Balaban J connectivity index is 2.62. The van der Waals surface area contributed by atoms with Crippen LogP contribution >= 0.6 is 0 Å². The second kappa shape index (κ2) is 6.88. The zero-order valence-electron chi connectivity index (χ0n) is 10.5. The van der Waals surface area contributed by atoms with Crippen molar-refractivity contribution < 1.29 is 32.7 Å². The van der Waals surface area contributed by atoms with Crippen LogP contribution in [0.2, 0.25) is 0 Å². The van der Waals surface area contributed by atoms with Crippen molar-refractivity contribution in [3.63, 3.8) is 0 Å². The summed E-state index contributed by atoms with van der Waals surface area (Å²) >= 11 is 0. The summed E-state index contributed by atoms with van der Waals surface area (Å²) in [4.78, 5) is 20.7. The van der Waals surface area contributed by atoms with Crippen LogP contribution in [0.3, 0.4) is 0 Å². The number of nitro benzene ring substituents is 1. The molecule has 0 bridgehead atoms. The van der Waals surface area contributed by atoms with Gasteiger partial charge in [0.1, 0.15) is 12.3 Å². The number of carboxylic acids is 1. The summed E-state index contributed by atoms with van der Waals surface area (Å²) in [5.41, 5.74) is -0.744. The normalized spacial score (nSPS) is 11.2. The Labute approximate surface area is 116 Å². The minimum absolute atomic E-state index is 0.000564. The van der Waals surface area contributed by atoms with E-state index in [1.807, 2.05) is 0 Å². The van der Waals surface area contributed by atoms with E-state index in [1.54, 1.807) is 0 Å². The fourth-order valence-corrected chi connectivity index (χ4v) is 1.41. The number of nitrogens with one attached hydrogen (secondary N) is 1. The summed E-state index contributed by atoms with van der Waals surface area (Å²) in [6, 6.07) is 3.18. The summed E-state index contributed by atoms with van der Waals surface area (Å²) in [7, 11) is 0. The fraction of sp³-hybridized carbons (Fsp3) is 0.364. The Morgan fingerprint density at radius 1 is 1.43 bits per heavy atom. The molecule has 0 saturated heterocycles. The van der Waals surface area contributed by atoms with Crippen molar-refractivity contribution in [3.8, 4) is 0 Å². The molecule has 21 heavy (non-hydrogen) atoms. The van der Waals surface area contributed by atoms with Gasteiger partial charge in [-0.1, -0.05) is 0 Å². The molecule has 0 amide bonds. The molecule has 7 nitrogen and oxygen atoms in total. The van der Waals surface area contributed by atoms with Crippen molar-refractivity contribution in [2.45, 2.75) is 6.18 Å². The van der Waals surface area contributed by atoms with Crippen molar-refractivity contribution in [3.05, 3.63) is 33.9 Å². The molecule has 0 aromatic heterocycles. The SMILES string of the molecule is O=C(O)c1ccc(NCCOCC(F)(F)F)c([N+](=O)[O-])c1. The van der Waals surface area contributed by atoms with Crippen molar-refractivity contribution in [2.24, 2.45) is 0 Å². The molecule has 0 atom stereocenters. The highest BCUT2D eigenvalue weighted by Gasteiger charge is 2.27. The lowest BCUT2D eigenvalue weighted by atomic mass is 10.1. The third kappa shape index (κ3) is 5.65. The van der Waals surface area contributed by atoms with Crippen LogP contribution < -0.4 is 5.32 Å². The van der Waals surface area contributed by atoms with Gasteiger partial charge >= 0.3 is 12.1 Å². The van der Waals surface area contributed by atoms with Crippen molar-refractivity contribution in [2.75, 3.05) is 25.1 Å². The number of ether oxygens (including phenoxy) is 1. The Kier molecular flexibility index (Phi) is 5.47. The van der Waals surface area contributed by atoms with Gasteiger partial charge in [0, 0.05) is 12.6 Å². The maximum atomic E-state index is 11.8. The molecule has 0 saturated carbocycles. The molecule has 1 rings (SSSR count). The maximum absolute atomic E-state index is 11.8. The first-order valence-electron chi connectivity index (χ1n) is 5.61. The highest BCUT2D eigenvalue weighted by Crippen LogP contribution is 2.25. The number of aromatic carboxylic acids is 1. The number of nitro groups is 1. The molecule has 0 heterocycles. The first-order chi connectivity index (χ1) is 9.70. The Hall–Kier alpha value is -2.36. The summed E-state index contributed by atoms with van der Waals surface area (Å²) in [5, 5.41) is 22.1. The predicted octanol–water partition coefficient (Wildman–Crippen LogP) is 2.28. The highest BCUT2D eigenvalue weighted by molar-refractivity contribution is 5.89. The number of alkyl halides is 3. The molecule has 0 fully saturated rings. The van der Waals surface area contributed by atoms with Crippen molar-refractivity contribution in [1.29, 1.82) is 0 Å². The van der Waals surface area contributed by atoms with E-state index >= 15 is 0 Å². The average molecular weight is 308 g/mol. The Bertz CT molecular complexity index is 533. The van der Waals surface area contributed by atoms with Crippen LogP contribution in [0.5, 0.6) is 0 Å². The molecule has 0 aliphatic rings. The number of carboxylic acid groups (broad SMARTS) is 1. The molecule has 2 N–H and O–H groups in total. The highest BCUT2D eigenvalue weighted by atomic mass is 19.4. The van der Waals surface area contributed by atoms with Crippen LogP contribution in [-0.4, -0.2) is 41.9 Å². The van der Waals surface area contributed by atoms with E-state index in [2.05, 4.69) is 10.1 Å². The van der Waals surface area contributed by atoms with Gasteiger partial charge in [0.2, 0.25) is 0 Å². The number of anilines is 1. The lowest BCUT2D eigenvalue weighted by molar-refractivity contribution is -0.384. The lowest BCUT2D eigenvalue weighted by Crippen LogP contribution is -2.20. The number of carbonyl (C=O) groups is 1. The minimum Gasteiger partial charge on any atom is -0.478 e. The topological polar surface area (TPSA) is 102 Å². The quantitative estimate of drug-likeness (QED) is 0.455. The second-order valence-corrected chi connectivity index (χ2v) is 3.89. The summed E-state index contributed by atoms with van der Waals surface area (Å²) in [6.07, 6.45) is -4.44. The van der Waals surface area contributed by atoms with Gasteiger partial charge in [-0.25, -0.2) is 4.79 Å². The Morgan fingerprint density at radius 2 is 2.10 bits per heavy atom.